The van der Waals surface area contributed by atoms with Gasteiger partial charge in [0.2, 0.25) is 0 Å². The van der Waals surface area contributed by atoms with Crippen molar-refractivity contribution in [1.82, 2.24) is 5.32 Å². The summed E-state index contributed by atoms with van der Waals surface area (Å²) < 4.78 is 11.4. The average molecular weight is 253 g/mol. The van der Waals surface area contributed by atoms with Gasteiger partial charge in [-0.05, 0) is 57.8 Å². The molecule has 1 heterocycles. The van der Waals surface area contributed by atoms with E-state index >= 15 is 0 Å². The minimum Gasteiger partial charge on any atom is -0.349 e. The van der Waals surface area contributed by atoms with Crippen molar-refractivity contribution < 1.29 is 9.47 Å². The van der Waals surface area contributed by atoms with Crippen molar-refractivity contribution in [3.05, 3.63) is 0 Å². The number of nitrogens with one attached hydrogen (secondary N) is 1. The quantitative estimate of drug-likeness (QED) is 0.838. The van der Waals surface area contributed by atoms with Crippen molar-refractivity contribution in [2.24, 2.45) is 17.8 Å². The molecule has 0 aromatic carbocycles. The summed E-state index contributed by atoms with van der Waals surface area (Å²) in [5.41, 5.74) is 0. The topological polar surface area (TPSA) is 30.5 Å². The summed E-state index contributed by atoms with van der Waals surface area (Å²) in [7, 11) is 0. The molecule has 3 aliphatic rings. The zero-order valence-corrected chi connectivity index (χ0v) is 11.9. The highest BCUT2D eigenvalue weighted by Crippen LogP contribution is 2.49. The summed E-state index contributed by atoms with van der Waals surface area (Å²) >= 11 is 0. The van der Waals surface area contributed by atoms with Crippen LogP contribution in [0.1, 0.15) is 46.5 Å². The molecule has 3 heteroatoms. The van der Waals surface area contributed by atoms with Gasteiger partial charge in [0.15, 0.2) is 5.79 Å². The Balaban J connectivity index is 1.48. The number of hydrogen-bond donors (Lipinski definition) is 1. The second kappa shape index (κ2) is 4.77. The molecule has 0 aromatic rings. The molecule has 0 amide bonds. The highest BCUT2D eigenvalue weighted by molar-refractivity contribution is 4.95. The summed E-state index contributed by atoms with van der Waals surface area (Å²) in [5, 5.41) is 3.73. The molecule has 104 valence electrons. The molecule has 0 aromatic heterocycles. The predicted octanol–water partition coefficient (Wildman–Crippen LogP) is 2.55. The van der Waals surface area contributed by atoms with Crippen LogP contribution in [0.5, 0.6) is 0 Å². The van der Waals surface area contributed by atoms with Crippen molar-refractivity contribution in [3.63, 3.8) is 0 Å². The molecular weight excluding hydrogens is 226 g/mol. The lowest BCUT2D eigenvalue weighted by Crippen LogP contribution is -2.52. The van der Waals surface area contributed by atoms with Crippen LogP contribution in [0.3, 0.4) is 0 Å². The first-order valence-corrected chi connectivity index (χ1v) is 7.57. The first kappa shape index (κ1) is 12.9. The third-order valence-corrected chi connectivity index (χ3v) is 5.20. The molecule has 1 N–H and O–H groups in total. The molecule has 0 spiro atoms. The molecule has 2 saturated carbocycles. The second-order valence-electron chi connectivity index (χ2n) is 7.01. The van der Waals surface area contributed by atoms with Crippen molar-refractivity contribution in [1.29, 1.82) is 0 Å². The van der Waals surface area contributed by atoms with E-state index in [0.29, 0.717) is 12.1 Å². The second-order valence-corrected chi connectivity index (χ2v) is 7.01. The van der Waals surface area contributed by atoms with E-state index in [1.807, 2.05) is 13.8 Å². The first-order valence-electron chi connectivity index (χ1n) is 7.57. The molecule has 3 rings (SSSR count). The lowest BCUT2D eigenvalue weighted by Gasteiger charge is -2.38. The maximum Gasteiger partial charge on any atom is 0.162 e. The third-order valence-electron chi connectivity index (χ3n) is 5.20. The van der Waals surface area contributed by atoms with Crippen LogP contribution in [0.15, 0.2) is 0 Å². The van der Waals surface area contributed by atoms with Gasteiger partial charge in [-0.15, -0.1) is 0 Å². The maximum atomic E-state index is 5.72. The Morgan fingerprint density at radius 3 is 2.39 bits per heavy atom. The largest absolute Gasteiger partial charge is 0.349 e. The van der Waals surface area contributed by atoms with E-state index in [2.05, 4.69) is 12.2 Å². The zero-order valence-electron chi connectivity index (χ0n) is 11.9. The molecule has 3 nitrogen and oxygen atoms in total. The zero-order chi connectivity index (χ0) is 12.8. The van der Waals surface area contributed by atoms with E-state index in [-0.39, 0.29) is 0 Å². The van der Waals surface area contributed by atoms with E-state index < -0.39 is 5.79 Å². The van der Waals surface area contributed by atoms with E-state index in [1.54, 1.807) is 0 Å². The third kappa shape index (κ3) is 2.59. The van der Waals surface area contributed by atoms with Crippen LogP contribution < -0.4 is 5.32 Å². The fourth-order valence-electron chi connectivity index (χ4n) is 4.19. The molecule has 0 radical (unpaired) electrons. The minimum atomic E-state index is -0.395. The number of rotatable bonds is 3. The number of ether oxygens (including phenoxy) is 2. The van der Waals surface area contributed by atoms with E-state index in [0.717, 1.165) is 31.0 Å². The van der Waals surface area contributed by atoms with E-state index in [9.17, 15) is 0 Å². The molecule has 4 atom stereocenters. The standard InChI is InChI=1S/C15H27NO2/c1-10(14-7-11-4-5-12(14)6-11)16-13-8-17-15(2,3)18-9-13/h10-14,16H,4-9H2,1-3H3. The van der Waals surface area contributed by atoms with Gasteiger partial charge in [-0.3, -0.25) is 0 Å². The number of fused-ring (bicyclic) bond motifs is 2. The molecule has 1 aliphatic heterocycles. The van der Waals surface area contributed by atoms with Gasteiger partial charge in [-0.1, -0.05) is 6.42 Å². The summed E-state index contributed by atoms with van der Waals surface area (Å²) in [4.78, 5) is 0. The van der Waals surface area contributed by atoms with Crippen molar-refractivity contribution in [3.8, 4) is 0 Å². The molecule has 3 fully saturated rings. The first-order chi connectivity index (χ1) is 8.53. The summed E-state index contributed by atoms with van der Waals surface area (Å²) in [6, 6.07) is 0.978. The van der Waals surface area contributed by atoms with Gasteiger partial charge in [-0.25, -0.2) is 0 Å². The molecular formula is C15H27NO2. The van der Waals surface area contributed by atoms with Crippen LogP contribution in [-0.2, 0) is 9.47 Å². The van der Waals surface area contributed by atoms with Gasteiger partial charge in [0, 0.05) is 6.04 Å². The molecule has 2 aliphatic carbocycles. The van der Waals surface area contributed by atoms with Crippen LogP contribution >= 0.6 is 0 Å². The van der Waals surface area contributed by atoms with Gasteiger partial charge in [-0.2, -0.15) is 0 Å². The molecule has 18 heavy (non-hydrogen) atoms. The fourth-order valence-corrected chi connectivity index (χ4v) is 4.19. The average Bonchev–Trinajstić information content (AvgIpc) is 2.94. The van der Waals surface area contributed by atoms with Crippen molar-refractivity contribution >= 4 is 0 Å². The fraction of sp³-hybridized carbons (Fsp3) is 1.00. The Bertz CT molecular complexity index is 295. The molecule has 4 unspecified atom stereocenters. The van der Waals surface area contributed by atoms with Crippen LogP contribution in [0, 0.1) is 17.8 Å². The van der Waals surface area contributed by atoms with Gasteiger partial charge in [0.05, 0.1) is 19.3 Å². The lowest BCUT2D eigenvalue weighted by molar-refractivity contribution is -0.253. The van der Waals surface area contributed by atoms with Crippen molar-refractivity contribution in [2.75, 3.05) is 13.2 Å². The summed E-state index contributed by atoms with van der Waals surface area (Å²) in [6.45, 7) is 7.88. The van der Waals surface area contributed by atoms with Gasteiger partial charge in [0.25, 0.3) is 0 Å². The molecule has 2 bridgehead atoms. The van der Waals surface area contributed by atoms with Gasteiger partial charge in [0.1, 0.15) is 0 Å². The Morgan fingerprint density at radius 2 is 1.83 bits per heavy atom. The Morgan fingerprint density at radius 1 is 1.11 bits per heavy atom. The predicted molar refractivity (Wildman–Crippen MR) is 71.3 cm³/mol. The Hall–Kier alpha value is -0.120. The van der Waals surface area contributed by atoms with Crippen LogP contribution in [0.25, 0.3) is 0 Å². The highest BCUT2D eigenvalue weighted by atomic mass is 16.7. The summed E-state index contributed by atoms with van der Waals surface area (Å²) in [6.07, 6.45) is 5.88. The number of hydrogen-bond acceptors (Lipinski definition) is 3. The Labute approximate surface area is 111 Å². The lowest BCUT2D eigenvalue weighted by atomic mass is 9.84. The van der Waals surface area contributed by atoms with Crippen molar-refractivity contribution in [2.45, 2.75) is 64.3 Å². The highest BCUT2D eigenvalue weighted by Gasteiger charge is 2.42. The van der Waals surface area contributed by atoms with E-state index in [4.69, 9.17) is 9.47 Å². The van der Waals surface area contributed by atoms with Crippen LogP contribution in [-0.4, -0.2) is 31.1 Å². The monoisotopic (exact) mass is 253 g/mol. The SMILES string of the molecule is CC(NC1COC(C)(C)OC1)C1CC2CCC1C2. The smallest absolute Gasteiger partial charge is 0.162 e. The maximum absolute atomic E-state index is 5.72. The van der Waals surface area contributed by atoms with E-state index in [1.165, 1.54) is 25.7 Å². The van der Waals surface area contributed by atoms with Crippen LogP contribution in [0.2, 0.25) is 0 Å². The summed E-state index contributed by atoms with van der Waals surface area (Å²) in [5.74, 6) is 2.51. The van der Waals surface area contributed by atoms with Crippen LogP contribution in [0.4, 0.5) is 0 Å². The van der Waals surface area contributed by atoms with Gasteiger partial charge < -0.3 is 14.8 Å². The normalized spacial score (nSPS) is 41.2. The minimum absolute atomic E-state index is 0.368. The van der Waals surface area contributed by atoms with Gasteiger partial charge >= 0.3 is 0 Å². The molecule has 1 saturated heterocycles. The Kier molecular flexibility index (Phi) is 3.41.